The van der Waals surface area contributed by atoms with Crippen LogP contribution in [0.4, 0.5) is 0 Å². The monoisotopic (exact) mass is 217 g/mol. The molecule has 0 amide bonds. The van der Waals surface area contributed by atoms with Crippen molar-refractivity contribution in [2.45, 2.75) is 25.2 Å². The molecular formula is C11H11N3O2. The summed E-state index contributed by atoms with van der Waals surface area (Å²) in [6, 6.07) is 3.81. The van der Waals surface area contributed by atoms with Crippen LogP contribution in [0, 0.1) is 6.92 Å². The number of hydrogen-bond acceptors (Lipinski definition) is 3. The van der Waals surface area contributed by atoms with Gasteiger partial charge in [-0.2, -0.15) is 5.10 Å². The average Bonchev–Trinajstić information content (AvgIpc) is 2.94. The second kappa shape index (κ2) is 2.81. The van der Waals surface area contributed by atoms with E-state index in [1.807, 2.05) is 19.1 Å². The zero-order valence-electron chi connectivity index (χ0n) is 8.84. The Morgan fingerprint density at radius 2 is 2.31 bits per heavy atom. The summed E-state index contributed by atoms with van der Waals surface area (Å²) in [5.74, 6) is -0.379. The lowest BCUT2D eigenvalue weighted by atomic mass is 10.1. The molecule has 0 saturated heterocycles. The number of carbonyl (C=O) groups is 1. The second-order valence-corrected chi connectivity index (χ2v) is 4.28. The number of aromatic nitrogens is 3. The molecule has 16 heavy (non-hydrogen) atoms. The van der Waals surface area contributed by atoms with Crippen LogP contribution in [0.25, 0.3) is 5.65 Å². The molecule has 5 heteroatoms. The summed E-state index contributed by atoms with van der Waals surface area (Å²) in [4.78, 5) is 15.5. The van der Waals surface area contributed by atoms with Crippen molar-refractivity contribution in [3.05, 3.63) is 29.7 Å². The van der Waals surface area contributed by atoms with E-state index >= 15 is 0 Å². The van der Waals surface area contributed by atoms with Gasteiger partial charge in [-0.25, -0.2) is 9.50 Å². The molecule has 5 nitrogen and oxygen atoms in total. The Hall–Kier alpha value is -1.91. The molecule has 0 bridgehead atoms. The maximum absolute atomic E-state index is 11.2. The van der Waals surface area contributed by atoms with Crippen LogP contribution in [0.5, 0.6) is 0 Å². The highest BCUT2D eigenvalue weighted by Crippen LogP contribution is 2.46. The lowest BCUT2D eigenvalue weighted by Crippen LogP contribution is -2.21. The third kappa shape index (κ3) is 1.08. The first-order valence-corrected chi connectivity index (χ1v) is 5.19. The summed E-state index contributed by atoms with van der Waals surface area (Å²) in [5.41, 5.74) is 0.922. The van der Waals surface area contributed by atoms with Gasteiger partial charge in [-0.3, -0.25) is 4.79 Å². The van der Waals surface area contributed by atoms with Crippen LogP contribution in [0.15, 0.2) is 18.3 Å². The highest BCUT2D eigenvalue weighted by Gasteiger charge is 2.55. The van der Waals surface area contributed by atoms with Crippen LogP contribution in [-0.4, -0.2) is 25.7 Å². The maximum Gasteiger partial charge on any atom is 0.317 e. The Bertz CT molecular complexity index is 584. The minimum Gasteiger partial charge on any atom is -0.480 e. The first-order valence-electron chi connectivity index (χ1n) is 5.19. The Balaban J connectivity index is 2.20. The molecule has 2 aromatic heterocycles. The predicted octanol–water partition coefficient (Wildman–Crippen LogP) is 1.15. The van der Waals surface area contributed by atoms with Crippen molar-refractivity contribution >= 4 is 11.6 Å². The van der Waals surface area contributed by atoms with Gasteiger partial charge >= 0.3 is 5.97 Å². The first-order chi connectivity index (χ1) is 7.63. The van der Waals surface area contributed by atoms with Crippen LogP contribution in [0.3, 0.4) is 0 Å². The zero-order valence-corrected chi connectivity index (χ0v) is 8.84. The normalized spacial score (nSPS) is 17.6. The van der Waals surface area contributed by atoms with E-state index < -0.39 is 11.4 Å². The molecule has 0 radical (unpaired) electrons. The summed E-state index contributed by atoms with van der Waals surface area (Å²) in [7, 11) is 0. The molecule has 0 atom stereocenters. The lowest BCUT2D eigenvalue weighted by molar-refractivity contribution is -0.140. The molecule has 0 spiro atoms. The quantitative estimate of drug-likeness (QED) is 0.819. The SMILES string of the molecule is Cc1cccn2nc(C3(C(=O)O)CC3)nc12. The first kappa shape index (κ1) is 9.33. The fourth-order valence-corrected chi connectivity index (χ4v) is 1.90. The third-order valence-electron chi connectivity index (χ3n) is 3.14. The van der Waals surface area contributed by atoms with E-state index in [1.165, 1.54) is 0 Å². The van der Waals surface area contributed by atoms with Crippen LogP contribution in [0.2, 0.25) is 0 Å². The highest BCUT2D eigenvalue weighted by atomic mass is 16.4. The molecule has 1 aliphatic rings. The summed E-state index contributed by atoms with van der Waals surface area (Å²) in [5, 5.41) is 13.4. The van der Waals surface area contributed by atoms with Gasteiger partial charge in [-0.15, -0.1) is 0 Å². The van der Waals surface area contributed by atoms with Crippen molar-refractivity contribution in [2.24, 2.45) is 0 Å². The Labute approximate surface area is 91.7 Å². The van der Waals surface area contributed by atoms with Gasteiger partial charge in [0.15, 0.2) is 11.5 Å². The molecular weight excluding hydrogens is 206 g/mol. The number of carboxylic acid groups (broad SMARTS) is 1. The Kier molecular flexibility index (Phi) is 1.64. The third-order valence-corrected chi connectivity index (χ3v) is 3.14. The molecule has 1 N–H and O–H groups in total. The van der Waals surface area contributed by atoms with Gasteiger partial charge in [-0.05, 0) is 31.4 Å². The molecule has 1 aliphatic carbocycles. The Morgan fingerprint density at radius 3 is 2.88 bits per heavy atom. The molecule has 2 heterocycles. The highest BCUT2D eigenvalue weighted by molar-refractivity contribution is 5.83. The predicted molar refractivity (Wildman–Crippen MR) is 56.3 cm³/mol. The van der Waals surface area contributed by atoms with E-state index in [2.05, 4.69) is 10.1 Å². The molecule has 3 rings (SSSR count). The van der Waals surface area contributed by atoms with E-state index in [4.69, 9.17) is 5.11 Å². The van der Waals surface area contributed by atoms with E-state index in [0.29, 0.717) is 18.7 Å². The van der Waals surface area contributed by atoms with Crippen molar-refractivity contribution in [3.8, 4) is 0 Å². The second-order valence-electron chi connectivity index (χ2n) is 4.28. The number of aliphatic carboxylic acids is 1. The van der Waals surface area contributed by atoms with E-state index in [-0.39, 0.29) is 0 Å². The van der Waals surface area contributed by atoms with Crippen LogP contribution in [0.1, 0.15) is 24.2 Å². The van der Waals surface area contributed by atoms with E-state index in [0.717, 1.165) is 11.2 Å². The largest absolute Gasteiger partial charge is 0.480 e. The summed E-state index contributed by atoms with van der Waals surface area (Å²) >= 11 is 0. The van der Waals surface area contributed by atoms with Crippen molar-refractivity contribution in [1.29, 1.82) is 0 Å². The number of pyridine rings is 1. The van der Waals surface area contributed by atoms with Gasteiger partial charge in [0.2, 0.25) is 0 Å². The van der Waals surface area contributed by atoms with Crippen LogP contribution < -0.4 is 0 Å². The van der Waals surface area contributed by atoms with Gasteiger partial charge in [-0.1, -0.05) is 6.07 Å². The lowest BCUT2D eigenvalue weighted by Gasteiger charge is -2.01. The van der Waals surface area contributed by atoms with Gasteiger partial charge in [0.05, 0.1) is 0 Å². The van der Waals surface area contributed by atoms with Gasteiger partial charge in [0, 0.05) is 6.20 Å². The fraction of sp³-hybridized carbons (Fsp3) is 0.364. The molecule has 82 valence electrons. The minimum atomic E-state index is -0.821. The number of rotatable bonds is 2. The number of nitrogens with zero attached hydrogens (tertiary/aromatic N) is 3. The topological polar surface area (TPSA) is 67.5 Å². The number of aryl methyl sites for hydroxylation is 1. The summed E-state index contributed by atoms with van der Waals surface area (Å²) < 4.78 is 1.65. The summed E-state index contributed by atoms with van der Waals surface area (Å²) in [6.07, 6.45) is 3.06. The van der Waals surface area contributed by atoms with Crippen molar-refractivity contribution in [2.75, 3.05) is 0 Å². The van der Waals surface area contributed by atoms with Crippen molar-refractivity contribution < 1.29 is 9.90 Å². The van der Waals surface area contributed by atoms with Crippen LogP contribution in [-0.2, 0) is 10.2 Å². The smallest absolute Gasteiger partial charge is 0.317 e. The Morgan fingerprint density at radius 1 is 1.56 bits per heavy atom. The summed E-state index contributed by atoms with van der Waals surface area (Å²) in [6.45, 7) is 1.94. The maximum atomic E-state index is 11.2. The van der Waals surface area contributed by atoms with Gasteiger partial charge < -0.3 is 5.11 Å². The van der Waals surface area contributed by atoms with Crippen molar-refractivity contribution in [1.82, 2.24) is 14.6 Å². The molecule has 0 unspecified atom stereocenters. The number of fused-ring (bicyclic) bond motifs is 1. The zero-order chi connectivity index (χ0) is 11.3. The van der Waals surface area contributed by atoms with Gasteiger partial charge in [0.25, 0.3) is 0 Å². The van der Waals surface area contributed by atoms with Crippen molar-refractivity contribution in [3.63, 3.8) is 0 Å². The molecule has 1 saturated carbocycles. The molecule has 2 aromatic rings. The molecule has 1 fully saturated rings. The molecule has 0 aromatic carbocycles. The van der Waals surface area contributed by atoms with E-state index in [1.54, 1.807) is 10.7 Å². The standard InChI is InChI=1S/C11H11N3O2/c1-7-3-2-6-14-8(7)12-9(13-14)11(4-5-11)10(15)16/h2-3,6H,4-5H2,1H3,(H,15,16). The van der Waals surface area contributed by atoms with Crippen LogP contribution >= 0.6 is 0 Å². The number of carboxylic acids is 1. The average molecular weight is 217 g/mol. The van der Waals surface area contributed by atoms with Gasteiger partial charge in [0.1, 0.15) is 5.41 Å². The molecule has 0 aliphatic heterocycles. The van der Waals surface area contributed by atoms with E-state index in [9.17, 15) is 4.79 Å². The minimum absolute atomic E-state index is 0.439. The number of hydrogen-bond donors (Lipinski definition) is 1. The fourth-order valence-electron chi connectivity index (χ4n) is 1.90.